The maximum atomic E-state index is 10.4. The van der Waals surface area contributed by atoms with E-state index < -0.39 is 6.10 Å². The van der Waals surface area contributed by atoms with Crippen LogP contribution in [0, 0.1) is 0 Å². The maximum absolute atomic E-state index is 10.4. The van der Waals surface area contributed by atoms with E-state index in [0.29, 0.717) is 12.4 Å². The van der Waals surface area contributed by atoms with Crippen molar-refractivity contribution in [1.82, 2.24) is 14.8 Å². The van der Waals surface area contributed by atoms with Gasteiger partial charge < -0.3 is 19.1 Å². The molecule has 1 N–H and O–H groups in total. The zero-order valence-corrected chi connectivity index (χ0v) is 18.1. The van der Waals surface area contributed by atoms with Gasteiger partial charge in [0.2, 0.25) is 0 Å². The molecule has 0 saturated heterocycles. The van der Waals surface area contributed by atoms with E-state index in [9.17, 15) is 5.11 Å². The first kappa shape index (κ1) is 20.9. The summed E-state index contributed by atoms with van der Waals surface area (Å²) in [6.07, 6.45) is 2.75. The molecule has 3 aromatic rings. The third kappa shape index (κ3) is 4.69. The van der Waals surface area contributed by atoms with Gasteiger partial charge in [-0.3, -0.25) is 0 Å². The second-order valence-corrected chi connectivity index (χ2v) is 8.46. The Morgan fingerprint density at radius 3 is 2.77 bits per heavy atom. The van der Waals surface area contributed by atoms with Gasteiger partial charge in [-0.05, 0) is 54.7 Å². The number of rotatable bonds is 8. The molecule has 0 radical (unpaired) electrons. The molecule has 0 unspecified atom stereocenters. The van der Waals surface area contributed by atoms with Gasteiger partial charge in [-0.25, -0.2) is 0 Å². The Morgan fingerprint density at radius 1 is 1.17 bits per heavy atom. The number of hydrogen-bond donors (Lipinski definition) is 1. The molecule has 0 saturated carbocycles. The Balaban J connectivity index is 1.31. The average Bonchev–Trinajstić information content (AvgIpc) is 3.16. The Morgan fingerprint density at radius 2 is 1.97 bits per heavy atom. The number of aryl methyl sites for hydroxylation is 1. The van der Waals surface area contributed by atoms with Gasteiger partial charge in [0, 0.05) is 18.4 Å². The van der Waals surface area contributed by atoms with Crippen molar-refractivity contribution in [3.8, 4) is 17.1 Å². The van der Waals surface area contributed by atoms with E-state index in [4.69, 9.17) is 9.47 Å². The molecule has 0 fully saturated rings. The van der Waals surface area contributed by atoms with Crippen molar-refractivity contribution in [1.29, 1.82) is 0 Å². The van der Waals surface area contributed by atoms with E-state index in [1.165, 1.54) is 22.9 Å². The normalized spacial score (nSPS) is 16.8. The van der Waals surface area contributed by atoms with Crippen LogP contribution < -0.4 is 4.74 Å². The Labute approximate surface area is 181 Å². The molecule has 0 bridgehead atoms. The molecule has 0 aliphatic heterocycles. The SMILES string of the molecule is COc1ccc(-c2nnc(SC[C@H](O)CO[C@@H]3CCCc4ccccc43)n2C)cc1. The van der Waals surface area contributed by atoms with Crippen LogP contribution in [0.5, 0.6) is 5.75 Å². The van der Waals surface area contributed by atoms with Crippen LogP contribution in [0.15, 0.2) is 53.7 Å². The highest BCUT2D eigenvalue weighted by Crippen LogP contribution is 2.32. The Bertz CT molecular complexity index is 974. The second kappa shape index (κ2) is 9.64. The number of benzene rings is 2. The third-order valence-corrected chi connectivity index (χ3v) is 6.56. The number of methoxy groups -OCH3 is 1. The van der Waals surface area contributed by atoms with Gasteiger partial charge in [-0.2, -0.15) is 0 Å². The first-order chi connectivity index (χ1) is 14.7. The molecule has 2 aromatic carbocycles. The van der Waals surface area contributed by atoms with Crippen LogP contribution in [-0.4, -0.2) is 45.4 Å². The zero-order chi connectivity index (χ0) is 20.9. The predicted octanol–water partition coefficient (Wildman–Crippen LogP) is 4.04. The molecular formula is C23H27N3O3S. The molecule has 158 valence electrons. The summed E-state index contributed by atoms with van der Waals surface area (Å²) in [5.74, 6) is 2.09. The van der Waals surface area contributed by atoms with Crippen LogP contribution in [0.25, 0.3) is 11.4 Å². The second-order valence-electron chi connectivity index (χ2n) is 7.47. The monoisotopic (exact) mass is 425 g/mol. The van der Waals surface area contributed by atoms with Gasteiger partial charge in [0.05, 0.1) is 25.9 Å². The van der Waals surface area contributed by atoms with Crippen LogP contribution in [0.1, 0.15) is 30.1 Å². The molecular weight excluding hydrogens is 398 g/mol. The molecule has 1 heterocycles. The van der Waals surface area contributed by atoms with E-state index in [1.807, 2.05) is 35.9 Å². The van der Waals surface area contributed by atoms with Crippen molar-refractivity contribution < 1.29 is 14.6 Å². The molecule has 0 spiro atoms. The quantitative estimate of drug-likeness (QED) is 0.550. The topological polar surface area (TPSA) is 69.4 Å². The number of hydrogen-bond acceptors (Lipinski definition) is 6. The van der Waals surface area contributed by atoms with Gasteiger partial charge >= 0.3 is 0 Å². The van der Waals surface area contributed by atoms with Crippen molar-refractivity contribution in [3.63, 3.8) is 0 Å². The fourth-order valence-electron chi connectivity index (χ4n) is 3.76. The van der Waals surface area contributed by atoms with Crippen molar-refractivity contribution in [2.75, 3.05) is 19.5 Å². The summed E-state index contributed by atoms with van der Waals surface area (Å²) in [5, 5.41) is 19.8. The molecule has 1 aliphatic rings. The Kier molecular flexibility index (Phi) is 6.72. The van der Waals surface area contributed by atoms with Crippen LogP contribution in [-0.2, 0) is 18.2 Å². The van der Waals surface area contributed by atoms with Gasteiger partial charge in [-0.15, -0.1) is 10.2 Å². The maximum Gasteiger partial charge on any atom is 0.191 e. The minimum atomic E-state index is -0.565. The fourth-order valence-corrected chi connectivity index (χ4v) is 4.58. The Hall–Kier alpha value is -2.35. The van der Waals surface area contributed by atoms with Crippen LogP contribution in [0.2, 0.25) is 0 Å². The van der Waals surface area contributed by atoms with Crippen LogP contribution >= 0.6 is 11.8 Å². The largest absolute Gasteiger partial charge is 0.497 e. The summed E-state index contributed by atoms with van der Waals surface area (Å²) in [6.45, 7) is 0.315. The highest BCUT2D eigenvalue weighted by molar-refractivity contribution is 7.99. The van der Waals surface area contributed by atoms with Crippen molar-refractivity contribution in [2.45, 2.75) is 36.6 Å². The van der Waals surface area contributed by atoms with Gasteiger partial charge in [-0.1, -0.05) is 36.0 Å². The lowest BCUT2D eigenvalue weighted by Gasteiger charge is -2.26. The molecule has 1 aromatic heterocycles. The van der Waals surface area contributed by atoms with E-state index >= 15 is 0 Å². The van der Waals surface area contributed by atoms with Gasteiger partial charge in [0.1, 0.15) is 5.75 Å². The number of aliphatic hydroxyl groups excluding tert-OH is 1. The number of aromatic nitrogens is 3. The fraction of sp³-hybridized carbons (Fsp3) is 0.391. The minimum Gasteiger partial charge on any atom is -0.497 e. The van der Waals surface area contributed by atoms with E-state index in [0.717, 1.165) is 41.6 Å². The van der Waals surface area contributed by atoms with Gasteiger partial charge in [0.15, 0.2) is 11.0 Å². The highest BCUT2D eigenvalue weighted by atomic mass is 32.2. The van der Waals surface area contributed by atoms with Crippen LogP contribution in [0.4, 0.5) is 0 Å². The number of aliphatic hydroxyl groups is 1. The molecule has 1 aliphatic carbocycles. The highest BCUT2D eigenvalue weighted by Gasteiger charge is 2.21. The van der Waals surface area contributed by atoms with Gasteiger partial charge in [0.25, 0.3) is 0 Å². The summed E-state index contributed by atoms with van der Waals surface area (Å²) in [4.78, 5) is 0. The van der Waals surface area contributed by atoms with E-state index in [2.05, 4.69) is 34.5 Å². The molecule has 4 rings (SSSR count). The van der Waals surface area contributed by atoms with Crippen LogP contribution in [0.3, 0.4) is 0 Å². The molecule has 0 amide bonds. The smallest absolute Gasteiger partial charge is 0.191 e. The van der Waals surface area contributed by atoms with Crippen molar-refractivity contribution in [3.05, 3.63) is 59.7 Å². The lowest BCUT2D eigenvalue weighted by molar-refractivity contribution is -0.00960. The average molecular weight is 426 g/mol. The van der Waals surface area contributed by atoms with E-state index in [1.54, 1.807) is 7.11 Å². The molecule has 30 heavy (non-hydrogen) atoms. The summed E-state index contributed by atoms with van der Waals surface area (Å²) >= 11 is 1.49. The van der Waals surface area contributed by atoms with Crippen molar-refractivity contribution in [2.24, 2.45) is 7.05 Å². The summed E-state index contributed by atoms with van der Waals surface area (Å²) < 4.78 is 13.2. The lowest BCUT2D eigenvalue weighted by atomic mass is 9.89. The predicted molar refractivity (Wildman–Crippen MR) is 118 cm³/mol. The first-order valence-electron chi connectivity index (χ1n) is 10.2. The number of ether oxygens (including phenoxy) is 2. The third-order valence-electron chi connectivity index (χ3n) is 5.39. The van der Waals surface area contributed by atoms with E-state index in [-0.39, 0.29) is 6.10 Å². The minimum absolute atomic E-state index is 0.0751. The standard InChI is InChI=1S/C23H27N3O3S/c1-26-22(17-10-12-19(28-2)13-11-17)24-25-23(26)30-15-18(27)14-29-21-9-5-7-16-6-3-4-8-20(16)21/h3-4,6,8,10-13,18,21,27H,5,7,9,14-15H2,1-2H3/t18-,21-/m1/s1. The molecule has 6 nitrogen and oxygen atoms in total. The number of nitrogens with zero attached hydrogens (tertiary/aromatic N) is 3. The summed E-state index contributed by atoms with van der Waals surface area (Å²) in [6, 6.07) is 16.2. The summed E-state index contributed by atoms with van der Waals surface area (Å²) in [7, 11) is 3.58. The number of fused-ring (bicyclic) bond motifs is 1. The molecule has 7 heteroatoms. The zero-order valence-electron chi connectivity index (χ0n) is 17.3. The molecule has 2 atom stereocenters. The van der Waals surface area contributed by atoms with Crippen molar-refractivity contribution >= 4 is 11.8 Å². The first-order valence-corrected chi connectivity index (χ1v) is 11.2. The lowest BCUT2D eigenvalue weighted by Crippen LogP contribution is -2.22. The number of thioether (sulfide) groups is 1. The summed E-state index contributed by atoms with van der Waals surface area (Å²) in [5.41, 5.74) is 3.60.